The predicted molar refractivity (Wildman–Crippen MR) is 71.9 cm³/mol. The van der Waals surface area contributed by atoms with Crippen molar-refractivity contribution in [3.63, 3.8) is 0 Å². The molecule has 0 saturated heterocycles. The Hall–Kier alpha value is -0.340. The zero-order valence-corrected chi connectivity index (χ0v) is 11.2. The standard InChI is InChI=1S/C14H23NS/c1-11-3-4-13(9-15-2)14(7-11)8-12-5-6-16-10-12/h5-6,10-11,13-15H,3-4,7-9H2,1-2H3. The van der Waals surface area contributed by atoms with Gasteiger partial charge in [0, 0.05) is 0 Å². The Labute approximate surface area is 103 Å². The zero-order chi connectivity index (χ0) is 11.4. The van der Waals surface area contributed by atoms with Gasteiger partial charge in [-0.05, 0) is 73.0 Å². The van der Waals surface area contributed by atoms with Gasteiger partial charge in [-0.15, -0.1) is 0 Å². The molecule has 2 rings (SSSR count). The van der Waals surface area contributed by atoms with Crippen molar-refractivity contribution in [2.24, 2.45) is 17.8 Å². The van der Waals surface area contributed by atoms with Crippen LogP contribution >= 0.6 is 11.3 Å². The summed E-state index contributed by atoms with van der Waals surface area (Å²) in [5.41, 5.74) is 1.55. The Morgan fingerprint density at radius 1 is 1.38 bits per heavy atom. The molecule has 0 bridgehead atoms. The first-order valence-corrected chi connectivity index (χ1v) is 7.39. The van der Waals surface area contributed by atoms with Crippen molar-refractivity contribution in [3.05, 3.63) is 22.4 Å². The van der Waals surface area contributed by atoms with Gasteiger partial charge < -0.3 is 5.32 Å². The van der Waals surface area contributed by atoms with Gasteiger partial charge in [0.05, 0.1) is 0 Å². The second-order valence-corrected chi connectivity index (χ2v) is 6.11. The molecule has 1 heterocycles. The summed E-state index contributed by atoms with van der Waals surface area (Å²) >= 11 is 1.83. The van der Waals surface area contributed by atoms with Gasteiger partial charge in [-0.25, -0.2) is 0 Å². The highest BCUT2D eigenvalue weighted by Crippen LogP contribution is 2.35. The minimum Gasteiger partial charge on any atom is -0.319 e. The molecule has 1 aromatic rings. The lowest BCUT2D eigenvalue weighted by atomic mass is 9.72. The summed E-state index contributed by atoms with van der Waals surface area (Å²) in [7, 11) is 2.08. The van der Waals surface area contributed by atoms with Crippen molar-refractivity contribution in [3.8, 4) is 0 Å². The van der Waals surface area contributed by atoms with E-state index in [1.807, 2.05) is 11.3 Å². The van der Waals surface area contributed by atoms with Crippen LogP contribution in [0.4, 0.5) is 0 Å². The molecule has 90 valence electrons. The van der Waals surface area contributed by atoms with Crippen LogP contribution in [-0.2, 0) is 6.42 Å². The van der Waals surface area contributed by atoms with E-state index in [1.54, 1.807) is 5.56 Å². The molecule has 2 heteroatoms. The molecule has 1 saturated carbocycles. The average molecular weight is 237 g/mol. The topological polar surface area (TPSA) is 12.0 Å². The molecule has 0 aromatic carbocycles. The third-order valence-corrected chi connectivity index (χ3v) is 4.68. The number of thiophene rings is 1. The van der Waals surface area contributed by atoms with E-state index in [2.05, 4.69) is 36.1 Å². The smallest absolute Gasteiger partial charge is 0.00208 e. The molecule has 0 spiro atoms. The van der Waals surface area contributed by atoms with Crippen molar-refractivity contribution < 1.29 is 0 Å². The van der Waals surface area contributed by atoms with Crippen LogP contribution < -0.4 is 5.32 Å². The summed E-state index contributed by atoms with van der Waals surface area (Å²) in [6.45, 7) is 3.61. The Balaban J connectivity index is 1.96. The fourth-order valence-electron chi connectivity index (χ4n) is 3.05. The van der Waals surface area contributed by atoms with Gasteiger partial charge in [-0.3, -0.25) is 0 Å². The lowest BCUT2D eigenvalue weighted by Gasteiger charge is -2.35. The van der Waals surface area contributed by atoms with Crippen LogP contribution in [0.2, 0.25) is 0 Å². The molecule has 3 atom stereocenters. The molecule has 1 aliphatic carbocycles. The van der Waals surface area contributed by atoms with Crippen molar-refractivity contribution in [1.29, 1.82) is 0 Å². The van der Waals surface area contributed by atoms with Crippen molar-refractivity contribution in [1.82, 2.24) is 5.32 Å². The lowest BCUT2D eigenvalue weighted by Crippen LogP contribution is -2.32. The number of hydrogen-bond donors (Lipinski definition) is 1. The van der Waals surface area contributed by atoms with E-state index in [1.165, 1.54) is 32.2 Å². The minimum absolute atomic E-state index is 0.890. The van der Waals surface area contributed by atoms with Crippen LogP contribution in [0.5, 0.6) is 0 Å². The van der Waals surface area contributed by atoms with Gasteiger partial charge in [-0.1, -0.05) is 13.3 Å². The number of hydrogen-bond acceptors (Lipinski definition) is 2. The lowest BCUT2D eigenvalue weighted by molar-refractivity contribution is 0.186. The second kappa shape index (κ2) is 5.83. The summed E-state index contributed by atoms with van der Waals surface area (Å²) in [5, 5.41) is 7.88. The Morgan fingerprint density at radius 2 is 2.25 bits per heavy atom. The summed E-state index contributed by atoms with van der Waals surface area (Å²) < 4.78 is 0. The van der Waals surface area contributed by atoms with E-state index >= 15 is 0 Å². The maximum atomic E-state index is 3.36. The van der Waals surface area contributed by atoms with Crippen LogP contribution in [0.1, 0.15) is 31.7 Å². The molecule has 1 N–H and O–H groups in total. The van der Waals surface area contributed by atoms with E-state index in [0.717, 1.165) is 17.8 Å². The molecule has 16 heavy (non-hydrogen) atoms. The van der Waals surface area contributed by atoms with Gasteiger partial charge in [0.1, 0.15) is 0 Å². The van der Waals surface area contributed by atoms with Crippen LogP contribution in [-0.4, -0.2) is 13.6 Å². The van der Waals surface area contributed by atoms with Crippen LogP contribution in [0, 0.1) is 17.8 Å². The molecule has 3 unspecified atom stereocenters. The Kier molecular flexibility index (Phi) is 4.42. The number of rotatable bonds is 4. The fourth-order valence-corrected chi connectivity index (χ4v) is 3.74. The second-order valence-electron chi connectivity index (χ2n) is 5.33. The summed E-state index contributed by atoms with van der Waals surface area (Å²) in [5.74, 6) is 2.71. The molecular formula is C14H23NS. The molecule has 1 aromatic heterocycles. The van der Waals surface area contributed by atoms with Gasteiger partial charge in [0.15, 0.2) is 0 Å². The third-order valence-electron chi connectivity index (χ3n) is 3.95. The molecule has 0 aliphatic heterocycles. The van der Waals surface area contributed by atoms with E-state index in [9.17, 15) is 0 Å². The highest BCUT2D eigenvalue weighted by Gasteiger charge is 2.28. The van der Waals surface area contributed by atoms with Crippen molar-refractivity contribution in [2.75, 3.05) is 13.6 Å². The quantitative estimate of drug-likeness (QED) is 0.844. The van der Waals surface area contributed by atoms with E-state index in [-0.39, 0.29) is 0 Å². The largest absolute Gasteiger partial charge is 0.319 e. The first-order valence-electron chi connectivity index (χ1n) is 6.45. The van der Waals surface area contributed by atoms with Crippen LogP contribution in [0.3, 0.4) is 0 Å². The van der Waals surface area contributed by atoms with Gasteiger partial charge in [-0.2, -0.15) is 11.3 Å². The monoisotopic (exact) mass is 237 g/mol. The summed E-state index contributed by atoms with van der Waals surface area (Å²) in [6.07, 6.45) is 5.55. The van der Waals surface area contributed by atoms with Gasteiger partial charge >= 0.3 is 0 Å². The first kappa shape index (κ1) is 12.1. The van der Waals surface area contributed by atoms with Crippen LogP contribution in [0.25, 0.3) is 0 Å². The average Bonchev–Trinajstić information content (AvgIpc) is 2.75. The highest BCUT2D eigenvalue weighted by molar-refractivity contribution is 7.07. The zero-order valence-electron chi connectivity index (χ0n) is 10.4. The fraction of sp³-hybridized carbons (Fsp3) is 0.714. The molecule has 1 fully saturated rings. The predicted octanol–water partition coefficient (Wildman–Crippen LogP) is 3.56. The normalized spacial score (nSPS) is 30.5. The Morgan fingerprint density at radius 3 is 2.94 bits per heavy atom. The van der Waals surface area contributed by atoms with E-state index in [4.69, 9.17) is 0 Å². The maximum Gasteiger partial charge on any atom is -0.00208 e. The Bertz CT molecular complexity index is 294. The van der Waals surface area contributed by atoms with Crippen molar-refractivity contribution >= 4 is 11.3 Å². The molecule has 0 radical (unpaired) electrons. The summed E-state index contributed by atoms with van der Waals surface area (Å²) in [6, 6.07) is 2.29. The minimum atomic E-state index is 0.890. The van der Waals surface area contributed by atoms with E-state index < -0.39 is 0 Å². The third kappa shape index (κ3) is 3.08. The van der Waals surface area contributed by atoms with E-state index in [0.29, 0.717) is 0 Å². The van der Waals surface area contributed by atoms with Gasteiger partial charge in [0.25, 0.3) is 0 Å². The molecule has 0 amide bonds. The molecular weight excluding hydrogens is 214 g/mol. The number of nitrogens with one attached hydrogen (secondary N) is 1. The van der Waals surface area contributed by atoms with Gasteiger partial charge in [0.2, 0.25) is 0 Å². The molecule has 1 nitrogen and oxygen atoms in total. The maximum absolute atomic E-state index is 3.36. The highest BCUT2D eigenvalue weighted by atomic mass is 32.1. The first-order chi connectivity index (χ1) is 7.79. The van der Waals surface area contributed by atoms with Crippen molar-refractivity contribution in [2.45, 2.75) is 32.6 Å². The summed E-state index contributed by atoms with van der Waals surface area (Å²) in [4.78, 5) is 0. The molecule has 1 aliphatic rings. The van der Waals surface area contributed by atoms with Crippen LogP contribution in [0.15, 0.2) is 16.8 Å². The SMILES string of the molecule is CNCC1CCC(C)CC1Cc1ccsc1.